The molecule has 0 radical (unpaired) electrons. The number of aryl methyl sites for hydroxylation is 1. The Bertz CT molecular complexity index is 455. The summed E-state index contributed by atoms with van der Waals surface area (Å²) < 4.78 is 2.08. The lowest BCUT2D eigenvalue weighted by molar-refractivity contribution is 0.622. The van der Waals surface area contributed by atoms with Crippen molar-refractivity contribution in [1.29, 1.82) is 0 Å². The summed E-state index contributed by atoms with van der Waals surface area (Å²) in [5.74, 6) is 0.587. The van der Waals surface area contributed by atoms with Crippen molar-refractivity contribution in [1.82, 2.24) is 9.78 Å². The fourth-order valence-corrected chi connectivity index (χ4v) is 1.85. The van der Waals surface area contributed by atoms with Crippen LogP contribution in [0.25, 0.3) is 10.9 Å². The highest BCUT2D eigenvalue weighted by Crippen LogP contribution is 2.21. The van der Waals surface area contributed by atoms with Gasteiger partial charge in [0.15, 0.2) is 0 Å². The van der Waals surface area contributed by atoms with Gasteiger partial charge in [-0.1, -0.05) is 26.8 Å². The van der Waals surface area contributed by atoms with E-state index in [0.29, 0.717) is 5.92 Å². The van der Waals surface area contributed by atoms with Crippen LogP contribution >= 0.6 is 0 Å². The molecule has 0 saturated carbocycles. The summed E-state index contributed by atoms with van der Waals surface area (Å²) in [4.78, 5) is 0. The number of benzene rings is 1. The van der Waals surface area contributed by atoms with Gasteiger partial charge in [-0.2, -0.15) is 5.10 Å². The molecule has 2 aromatic rings. The van der Waals surface area contributed by atoms with Crippen LogP contribution in [0.3, 0.4) is 0 Å². The molecule has 0 amide bonds. The van der Waals surface area contributed by atoms with Crippen LogP contribution in [0.5, 0.6) is 0 Å². The third-order valence-electron chi connectivity index (χ3n) is 2.77. The van der Waals surface area contributed by atoms with Crippen LogP contribution in [0.1, 0.15) is 38.7 Å². The van der Waals surface area contributed by atoms with Crippen LogP contribution in [0.2, 0.25) is 0 Å². The molecular weight excluding hydrogens is 184 g/mol. The lowest BCUT2D eigenvalue weighted by Crippen LogP contribution is -1.98. The summed E-state index contributed by atoms with van der Waals surface area (Å²) >= 11 is 0. The maximum Gasteiger partial charge on any atom is 0.0682 e. The van der Waals surface area contributed by atoms with Crippen molar-refractivity contribution in [2.24, 2.45) is 0 Å². The quantitative estimate of drug-likeness (QED) is 0.744. The average Bonchev–Trinajstić information content (AvgIpc) is 2.61. The summed E-state index contributed by atoms with van der Waals surface area (Å²) in [7, 11) is 0. The van der Waals surface area contributed by atoms with Gasteiger partial charge in [0.1, 0.15) is 0 Å². The first-order valence-corrected chi connectivity index (χ1v) is 5.68. The van der Waals surface area contributed by atoms with E-state index in [4.69, 9.17) is 0 Å². The number of fused-ring (bicyclic) bond motifs is 1. The molecule has 2 nitrogen and oxygen atoms in total. The molecule has 80 valence electrons. The number of hydrogen-bond acceptors (Lipinski definition) is 1. The van der Waals surface area contributed by atoms with Gasteiger partial charge in [-0.15, -0.1) is 0 Å². The highest BCUT2D eigenvalue weighted by molar-refractivity contribution is 5.79. The molecule has 0 aliphatic rings. The van der Waals surface area contributed by atoms with Crippen molar-refractivity contribution >= 4 is 10.9 Å². The number of rotatable bonds is 3. The smallest absolute Gasteiger partial charge is 0.0682 e. The Labute approximate surface area is 90.9 Å². The molecule has 2 rings (SSSR count). The van der Waals surface area contributed by atoms with Gasteiger partial charge in [0.25, 0.3) is 0 Å². The molecule has 0 saturated heterocycles. The lowest BCUT2D eigenvalue weighted by atomic mass is 10.0. The molecule has 1 aromatic heterocycles. The van der Waals surface area contributed by atoms with Gasteiger partial charge < -0.3 is 0 Å². The van der Waals surface area contributed by atoms with E-state index in [0.717, 1.165) is 13.0 Å². The summed E-state index contributed by atoms with van der Waals surface area (Å²) in [6.45, 7) is 7.62. The highest BCUT2D eigenvalue weighted by Gasteiger charge is 2.04. The number of aromatic nitrogens is 2. The summed E-state index contributed by atoms with van der Waals surface area (Å²) in [5, 5.41) is 5.66. The third kappa shape index (κ3) is 1.89. The molecule has 0 unspecified atom stereocenters. The number of hydrogen-bond donors (Lipinski definition) is 0. The van der Waals surface area contributed by atoms with E-state index >= 15 is 0 Å². The molecule has 0 atom stereocenters. The molecular formula is C13H18N2. The van der Waals surface area contributed by atoms with E-state index in [2.05, 4.69) is 48.8 Å². The zero-order chi connectivity index (χ0) is 10.8. The van der Waals surface area contributed by atoms with Crippen LogP contribution < -0.4 is 0 Å². The molecule has 1 heterocycles. The Hall–Kier alpha value is -1.31. The fraction of sp³-hybridized carbons (Fsp3) is 0.462. The van der Waals surface area contributed by atoms with E-state index in [1.807, 2.05) is 6.20 Å². The first-order valence-electron chi connectivity index (χ1n) is 5.68. The summed E-state index contributed by atoms with van der Waals surface area (Å²) in [6, 6.07) is 6.65. The van der Waals surface area contributed by atoms with Crippen molar-refractivity contribution in [3.63, 3.8) is 0 Å². The van der Waals surface area contributed by atoms with Crippen LogP contribution in [0.4, 0.5) is 0 Å². The SMILES string of the molecule is CCCn1ncc2cc(C(C)C)ccc21. The van der Waals surface area contributed by atoms with Gasteiger partial charge in [-0.05, 0) is 30.0 Å². The minimum Gasteiger partial charge on any atom is -0.265 e. The standard InChI is InChI=1S/C13H18N2/c1-4-7-15-13-6-5-11(10(2)3)8-12(13)9-14-15/h5-6,8-10H,4,7H2,1-3H3. The first kappa shape index (κ1) is 10.2. The van der Waals surface area contributed by atoms with E-state index in [-0.39, 0.29) is 0 Å². The maximum absolute atomic E-state index is 4.40. The Balaban J connectivity index is 2.47. The lowest BCUT2D eigenvalue weighted by Gasteiger charge is -2.05. The van der Waals surface area contributed by atoms with E-state index in [1.54, 1.807) is 0 Å². The fourth-order valence-electron chi connectivity index (χ4n) is 1.85. The Morgan fingerprint density at radius 3 is 2.80 bits per heavy atom. The van der Waals surface area contributed by atoms with Crippen LogP contribution in [-0.4, -0.2) is 9.78 Å². The van der Waals surface area contributed by atoms with Crippen molar-refractivity contribution in [3.05, 3.63) is 30.0 Å². The van der Waals surface area contributed by atoms with Gasteiger partial charge in [-0.25, -0.2) is 0 Å². The topological polar surface area (TPSA) is 17.8 Å². The van der Waals surface area contributed by atoms with E-state index in [9.17, 15) is 0 Å². The molecule has 0 bridgehead atoms. The molecule has 0 aliphatic heterocycles. The molecule has 0 N–H and O–H groups in total. The predicted molar refractivity (Wildman–Crippen MR) is 64.1 cm³/mol. The zero-order valence-electron chi connectivity index (χ0n) is 9.70. The van der Waals surface area contributed by atoms with Gasteiger partial charge in [0, 0.05) is 11.9 Å². The Morgan fingerprint density at radius 2 is 2.13 bits per heavy atom. The second kappa shape index (κ2) is 4.05. The van der Waals surface area contributed by atoms with Gasteiger partial charge in [-0.3, -0.25) is 4.68 Å². The van der Waals surface area contributed by atoms with Crippen molar-refractivity contribution in [3.8, 4) is 0 Å². The van der Waals surface area contributed by atoms with Crippen LogP contribution in [0.15, 0.2) is 24.4 Å². The van der Waals surface area contributed by atoms with Crippen molar-refractivity contribution in [2.45, 2.75) is 39.7 Å². The van der Waals surface area contributed by atoms with Gasteiger partial charge in [0.2, 0.25) is 0 Å². The Morgan fingerprint density at radius 1 is 1.33 bits per heavy atom. The highest BCUT2D eigenvalue weighted by atomic mass is 15.3. The monoisotopic (exact) mass is 202 g/mol. The van der Waals surface area contributed by atoms with Gasteiger partial charge in [0.05, 0.1) is 11.7 Å². The first-order chi connectivity index (χ1) is 7.22. The molecule has 1 aromatic carbocycles. The molecule has 0 fully saturated rings. The molecule has 2 heteroatoms. The van der Waals surface area contributed by atoms with E-state index < -0.39 is 0 Å². The molecule has 0 aliphatic carbocycles. The predicted octanol–water partition coefficient (Wildman–Crippen LogP) is 3.57. The van der Waals surface area contributed by atoms with Crippen LogP contribution in [0, 0.1) is 0 Å². The summed E-state index contributed by atoms with van der Waals surface area (Å²) in [6.07, 6.45) is 3.10. The number of nitrogens with zero attached hydrogens (tertiary/aromatic N) is 2. The minimum atomic E-state index is 0.587. The van der Waals surface area contributed by atoms with Gasteiger partial charge >= 0.3 is 0 Å². The molecule has 15 heavy (non-hydrogen) atoms. The van der Waals surface area contributed by atoms with Crippen molar-refractivity contribution in [2.75, 3.05) is 0 Å². The minimum absolute atomic E-state index is 0.587. The maximum atomic E-state index is 4.40. The largest absolute Gasteiger partial charge is 0.265 e. The van der Waals surface area contributed by atoms with Crippen LogP contribution in [-0.2, 0) is 6.54 Å². The third-order valence-corrected chi connectivity index (χ3v) is 2.77. The average molecular weight is 202 g/mol. The Kier molecular flexibility index (Phi) is 2.76. The second-order valence-electron chi connectivity index (χ2n) is 4.34. The molecule has 0 spiro atoms. The normalized spacial score (nSPS) is 11.5. The zero-order valence-corrected chi connectivity index (χ0v) is 9.70. The second-order valence-corrected chi connectivity index (χ2v) is 4.34. The summed E-state index contributed by atoms with van der Waals surface area (Å²) in [5.41, 5.74) is 2.64. The van der Waals surface area contributed by atoms with E-state index in [1.165, 1.54) is 16.5 Å². The van der Waals surface area contributed by atoms with Crippen molar-refractivity contribution < 1.29 is 0 Å².